The maximum Gasteiger partial charge on any atom is 0.410 e. The summed E-state index contributed by atoms with van der Waals surface area (Å²) in [7, 11) is -1.82. The summed E-state index contributed by atoms with van der Waals surface area (Å²) in [5.41, 5.74) is -0.921. The second-order valence-electron chi connectivity index (χ2n) is 7.08. The third-order valence-corrected chi connectivity index (χ3v) is 4.16. The molecule has 22 heavy (non-hydrogen) atoms. The summed E-state index contributed by atoms with van der Waals surface area (Å²) in [6, 6.07) is 0. The Morgan fingerprint density at radius 1 is 1.09 bits per heavy atom. The first-order chi connectivity index (χ1) is 9.78. The lowest BCUT2D eigenvalue weighted by atomic mass is 10.1. The maximum atomic E-state index is 12.2. The van der Waals surface area contributed by atoms with Crippen LogP contribution in [0.5, 0.6) is 0 Å². The van der Waals surface area contributed by atoms with E-state index in [2.05, 4.69) is 10.0 Å². The Labute approximate surface area is 134 Å². The number of nitrogens with zero attached hydrogens (tertiary/aromatic N) is 1. The van der Waals surface area contributed by atoms with Gasteiger partial charge in [-0.2, -0.15) is 0 Å². The van der Waals surface area contributed by atoms with Crippen molar-refractivity contribution in [3.63, 3.8) is 0 Å². The minimum atomic E-state index is -3.21. The number of sulfonamides is 1. The average molecular weight is 337 g/mol. The van der Waals surface area contributed by atoms with Crippen molar-refractivity contribution in [2.75, 3.05) is 32.4 Å². The molecule has 0 heterocycles. The standard InChI is InChI=1S/C14H31N3O4S/c1-13(2,3)17(12(18)21-14(4,5)6)10-8-16-9-11-22(19,20)15-7/h15-16H,8-11H2,1-7H3. The first-order valence-electron chi connectivity index (χ1n) is 7.41. The van der Waals surface area contributed by atoms with Gasteiger partial charge in [-0.15, -0.1) is 0 Å². The zero-order valence-electron chi connectivity index (χ0n) is 14.8. The van der Waals surface area contributed by atoms with Crippen LogP contribution in [0, 0.1) is 0 Å². The Morgan fingerprint density at radius 3 is 2.05 bits per heavy atom. The number of nitrogens with one attached hydrogen (secondary N) is 2. The highest BCUT2D eigenvalue weighted by molar-refractivity contribution is 7.89. The maximum absolute atomic E-state index is 12.2. The fraction of sp³-hybridized carbons (Fsp3) is 0.929. The highest BCUT2D eigenvalue weighted by Gasteiger charge is 2.30. The fourth-order valence-corrected chi connectivity index (χ4v) is 2.26. The van der Waals surface area contributed by atoms with Crippen LogP contribution < -0.4 is 10.0 Å². The van der Waals surface area contributed by atoms with Gasteiger partial charge in [-0.3, -0.25) is 0 Å². The van der Waals surface area contributed by atoms with E-state index in [1.165, 1.54) is 7.05 Å². The molecule has 8 heteroatoms. The molecule has 0 aliphatic carbocycles. The van der Waals surface area contributed by atoms with Crippen molar-refractivity contribution in [1.82, 2.24) is 14.9 Å². The zero-order chi connectivity index (χ0) is 17.6. The summed E-state index contributed by atoms with van der Waals surface area (Å²) in [5, 5.41) is 3.03. The first-order valence-corrected chi connectivity index (χ1v) is 9.06. The topological polar surface area (TPSA) is 87.7 Å². The highest BCUT2D eigenvalue weighted by atomic mass is 32.2. The quantitative estimate of drug-likeness (QED) is 0.681. The molecule has 132 valence electrons. The zero-order valence-corrected chi connectivity index (χ0v) is 15.6. The van der Waals surface area contributed by atoms with Crippen molar-refractivity contribution in [2.45, 2.75) is 52.7 Å². The minimum absolute atomic E-state index is 0.00541. The molecule has 0 bridgehead atoms. The summed E-state index contributed by atoms with van der Waals surface area (Å²) >= 11 is 0. The molecule has 0 saturated heterocycles. The third kappa shape index (κ3) is 9.22. The van der Waals surface area contributed by atoms with Crippen molar-refractivity contribution in [1.29, 1.82) is 0 Å². The molecule has 1 amide bonds. The predicted octanol–water partition coefficient (Wildman–Crippen LogP) is 1.16. The van der Waals surface area contributed by atoms with Crippen LogP contribution in [0.2, 0.25) is 0 Å². The van der Waals surface area contributed by atoms with E-state index >= 15 is 0 Å². The predicted molar refractivity (Wildman–Crippen MR) is 88.4 cm³/mol. The van der Waals surface area contributed by atoms with E-state index in [4.69, 9.17) is 4.74 Å². The third-order valence-electron chi connectivity index (χ3n) is 2.79. The van der Waals surface area contributed by atoms with Crippen molar-refractivity contribution in [2.24, 2.45) is 0 Å². The van der Waals surface area contributed by atoms with Gasteiger partial charge in [0.2, 0.25) is 10.0 Å². The van der Waals surface area contributed by atoms with Crippen LogP contribution in [-0.2, 0) is 14.8 Å². The van der Waals surface area contributed by atoms with Crippen LogP contribution in [0.25, 0.3) is 0 Å². The number of carbonyl (C=O) groups is 1. The van der Waals surface area contributed by atoms with Crippen molar-refractivity contribution in [3.05, 3.63) is 0 Å². The van der Waals surface area contributed by atoms with E-state index in [-0.39, 0.29) is 17.4 Å². The Balaban J connectivity index is 4.43. The van der Waals surface area contributed by atoms with E-state index < -0.39 is 15.6 Å². The largest absolute Gasteiger partial charge is 0.444 e. The van der Waals surface area contributed by atoms with Gasteiger partial charge >= 0.3 is 6.09 Å². The van der Waals surface area contributed by atoms with Gasteiger partial charge in [-0.1, -0.05) is 0 Å². The molecule has 0 atom stereocenters. The van der Waals surface area contributed by atoms with Crippen molar-refractivity contribution >= 4 is 16.1 Å². The van der Waals surface area contributed by atoms with Gasteiger partial charge in [0.15, 0.2) is 0 Å². The van der Waals surface area contributed by atoms with Gasteiger partial charge in [0.05, 0.1) is 5.75 Å². The number of hydrogen-bond acceptors (Lipinski definition) is 5. The van der Waals surface area contributed by atoms with E-state index in [0.717, 1.165) is 0 Å². The van der Waals surface area contributed by atoms with Gasteiger partial charge in [-0.05, 0) is 48.6 Å². The molecule has 0 spiro atoms. The number of hydrogen-bond donors (Lipinski definition) is 2. The normalized spacial score (nSPS) is 13.0. The molecule has 0 aliphatic rings. The number of carbonyl (C=O) groups excluding carboxylic acids is 1. The average Bonchev–Trinajstić information content (AvgIpc) is 2.29. The van der Waals surface area contributed by atoms with Crippen LogP contribution in [0.15, 0.2) is 0 Å². The molecular formula is C14H31N3O4S. The molecule has 0 aromatic carbocycles. The van der Waals surface area contributed by atoms with Crippen LogP contribution in [0.4, 0.5) is 4.79 Å². The number of ether oxygens (including phenoxy) is 1. The van der Waals surface area contributed by atoms with Gasteiger partial charge in [0.1, 0.15) is 5.60 Å². The van der Waals surface area contributed by atoms with E-state index in [9.17, 15) is 13.2 Å². The number of amides is 1. The van der Waals surface area contributed by atoms with Crippen LogP contribution >= 0.6 is 0 Å². The molecule has 0 unspecified atom stereocenters. The van der Waals surface area contributed by atoms with Gasteiger partial charge in [0.25, 0.3) is 0 Å². The molecule has 2 N–H and O–H groups in total. The van der Waals surface area contributed by atoms with Crippen molar-refractivity contribution < 1.29 is 17.9 Å². The molecule has 0 radical (unpaired) electrons. The molecule has 0 rings (SSSR count). The summed E-state index contributed by atoms with van der Waals surface area (Å²) in [5.74, 6) is 0.00541. The van der Waals surface area contributed by atoms with Crippen LogP contribution in [0.3, 0.4) is 0 Å². The molecule has 0 saturated carbocycles. The Kier molecular flexibility index (Phi) is 7.80. The Morgan fingerprint density at radius 2 is 1.64 bits per heavy atom. The van der Waals surface area contributed by atoms with E-state index in [1.807, 2.05) is 41.5 Å². The Bertz CT molecular complexity index is 450. The Hall–Kier alpha value is -0.860. The molecule has 0 aliphatic heterocycles. The lowest BCUT2D eigenvalue weighted by molar-refractivity contribution is 0.00668. The SMILES string of the molecule is CNS(=O)(=O)CCNCCN(C(=O)OC(C)(C)C)C(C)(C)C. The summed E-state index contributed by atoms with van der Waals surface area (Å²) < 4.78 is 30.2. The second kappa shape index (κ2) is 8.12. The lowest BCUT2D eigenvalue weighted by Gasteiger charge is -2.36. The monoisotopic (exact) mass is 337 g/mol. The highest BCUT2D eigenvalue weighted by Crippen LogP contribution is 2.17. The molecule has 0 fully saturated rings. The van der Waals surface area contributed by atoms with Crippen LogP contribution in [0.1, 0.15) is 41.5 Å². The van der Waals surface area contributed by atoms with Gasteiger partial charge in [-0.25, -0.2) is 17.9 Å². The van der Waals surface area contributed by atoms with Crippen molar-refractivity contribution in [3.8, 4) is 0 Å². The summed E-state index contributed by atoms with van der Waals surface area (Å²) in [6.07, 6.45) is -0.371. The first kappa shape index (κ1) is 21.1. The van der Waals surface area contributed by atoms with E-state index in [0.29, 0.717) is 19.6 Å². The summed E-state index contributed by atoms with van der Waals surface area (Å²) in [6.45, 7) is 12.5. The molecule has 0 aromatic rings. The molecule has 7 nitrogen and oxygen atoms in total. The minimum Gasteiger partial charge on any atom is -0.444 e. The van der Waals surface area contributed by atoms with Gasteiger partial charge in [0, 0.05) is 25.2 Å². The molecule has 0 aromatic heterocycles. The summed E-state index contributed by atoms with van der Waals surface area (Å²) in [4.78, 5) is 13.9. The van der Waals surface area contributed by atoms with Crippen LogP contribution in [-0.4, -0.2) is 63.0 Å². The molecular weight excluding hydrogens is 306 g/mol. The van der Waals surface area contributed by atoms with E-state index in [1.54, 1.807) is 4.90 Å². The van der Waals surface area contributed by atoms with Gasteiger partial charge < -0.3 is 15.0 Å². The number of rotatable bonds is 7. The lowest BCUT2D eigenvalue weighted by Crippen LogP contribution is -2.50. The second-order valence-corrected chi connectivity index (χ2v) is 9.12. The smallest absolute Gasteiger partial charge is 0.410 e. The fourth-order valence-electron chi connectivity index (χ4n) is 1.64.